The molecule has 0 heterocycles. The van der Waals surface area contributed by atoms with Gasteiger partial charge in [-0.15, -0.1) is 0 Å². The van der Waals surface area contributed by atoms with Gasteiger partial charge in [-0.05, 0) is 36.4 Å². The van der Waals surface area contributed by atoms with Gasteiger partial charge in [0, 0.05) is 0 Å². The van der Waals surface area contributed by atoms with Gasteiger partial charge >= 0.3 is 0 Å². The van der Waals surface area contributed by atoms with Gasteiger partial charge in [0.1, 0.15) is 5.75 Å². The van der Waals surface area contributed by atoms with Crippen LogP contribution in [0.3, 0.4) is 0 Å². The summed E-state index contributed by atoms with van der Waals surface area (Å²) in [7, 11) is 1.64. The normalized spacial score (nSPS) is 10.6. The van der Waals surface area contributed by atoms with E-state index in [2.05, 4.69) is 10.2 Å². The molecule has 0 fully saturated rings. The van der Waals surface area contributed by atoms with Crippen LogP contribution in [0.1, 0.15) is 0 Å². The summed E-state index contributed by atoms with van der Waals surface area (Å²) in [6.07, 6.45) is 0. The first kappa shape index (κ1) is 10.4. The van der Waals surface area contributed by atoms with Crippen LogP contribution >= 0.6 is 0 Å². The first-order valence-corrected chi connectivity index (χ1v) is 4.99. The van der Waals surface area contributed by atoms with Crippen molar-refractivity contribution in [2.75, 3.05) is 7.11 Å². The summed E-state index contributed by atoms with van der Waals surface area (Å²) in [5, 5.41) is 8.24. The number of hydrogen-bond acceptors (Lipinski definition) is 3. The maximum atomic E-state index is 5.06. The van der Waals surface area contributed by atoms with E-state index in [1.165, 1.54) is 0 Å². The molecule has 0 spiro atoms. The minimum absolute atomic E-state index is 0.810. The van der Waals surface area contributed by atoms with Gasteiger partial charge < -0.3 is 4.74 Å². The summed E-state index contributed by atoms with van der Waals surface area (Å²) in [5.74, 6) is 0.818. The van der Waals surface area contributed by atoms with Gasteiger partial charge in [-0.3, -0.25) is 0 Å². The van der Waals surface area contributed by atoms with E-state index in [0.29, 0.717) is 0 Å². The van der Waals surface area contributed by atoms with Crippen LogP contribution in [-0.2, 0) is 0 Å². The summed E-state index contributed by atoms with van der Waals surface area (Å²) >= 11 is 0. The molecule has 0 saturated heterocycles. The Kier molecular flexibility index (Phi) is 3.28. The molecule has 0 radical (unpaired) electrons. The molecule has 0 N–H and O–H groups in total. The topological polar surface area (TPSA) is 34.0 Å². The van der Waals surface area contributed by atoms with E-state index >= 15 is 0 Å². The Hall–Kier alpha value is -2.16. The SMILES string of the molecule is COc1ccc(/N=N/c2ccccc2)cc1. The number of azo groups is 1. The third-order valence-electron chi connectivity index (χ3n) is 2.11. The molecule has 2 aromatic rings. The lowest BCUT2D eigenvalue weighted by molar-refractivity contribution is 0.415. The van der Waals surface area contributed by atoms with Gasteiger partial charge in [0.25, 0.3) is 0 Å². The second kappa shape index (κ2) is 5.07. The molecule has 0 amide bonds. The van der Waals surface area contributed by atoms with E-state index in [1.807, 2.05) is 54.6 Å². The van der Waals surface area contributed by atoms with Gasteiger partial charge in [-0.25, -0.2) is 0 Å². The Bertz CT molecular complexity index is 463. The molecule has 2 aromatic carbocycles. The van der Waals surface area contributed by atoms with Crippen molar-refractivity contribution in [1.82, 2.24) is 0 Å². The van der Waals surface area contributed by atoms with E-state index in [0.717, 1.165) is 17.1 Å². The molecule has 3 nitrogen and oxygen atoms in total. The Balaban J connectivity index is 2.12. The number of hydrogen-bond donors (Lipinski definition) is 0. The van der Waals surface area contributed by atoms with Crippen molar-refractivity contribution in [3.8, 4) is 5.75 Å². The fraction of sp³-hybridized carbons (Fsp3) is 0.0769. The lowest BCUT2D eigenvalue weighted by Gasteiger charge is -1.98. The Morgan fingerprint density at radius 2 is 1.31 bits per heavy atom. The molecule has 0 bridgehead atoms. The van der Waals surface area contributed by atoms with E-state index in [9.17, 15) is 0 Å². The number of methoxy groups -OCH3 is 1. The molecule has 80 valence electrons. The van der Waals surface area contributed by atoms with E-state index in [1.54, 1.807) is 7.11 Å². The lowest BCUT2D eigenvalue weighted by atomic mass is 10.3. The predicted molar refractivity (Wildman–Crippen MR) is 63.6 cm³/mol. The van der Waals surface area contributed by atoms with Crippen LogP contribution in [0.25, 0.3) is 0 Å². The lowest BCUT2D eigenvalue weighted by Crippen LogP contribution is -1.79. The van der Waals surface area contributed by atoms with E-state index in [-0.39, 0.29) is 0 Å². The monoisotopic (exact) mass is 212 g/mol. The Morgan fingerprint density at radius 3 is 1.88 bits per heavy atom. The maximum Gasteiger partial charge on any atom is 0.119 e. The van der Waals surface area contributed by atoms with Crippen molar-refractivity contribution in [3.63, 3.8) is 0 Å². The fourth-order valence-corrected chi connectivity index (χ4v) is 1.26. The second-order valence-corrected chi connectivity index (χ2v) is 3.23. The minimum atomic E-state index is 0.810. The number of benzene rings is 2. The Morgan fingerprint density at radius 1 is 0.750 bits per heavy atom. The summed E-state index contributed by atoms with van der Waals surface area (Å²) in [5.41, 5.74) is 1.66. The standard InChI is InChI=1S/C13H12N2O/c1-16-13-9-7-12(8-10-13)15-14-11-5-3-2-4-6-11/h2-10H,1H3/b15-14+. The highest BCUT2D eigenvalue weighted by Crippen LogP contribution is 2.20. The highest BCUT2D eigenvalue weighted by molar-refractivity contribution is 5.42. The minimum Gasteiger partial charge on any atom is -0.497 e. The molecule has 0 aliphatic carbocycles. The quantitative estimate of drug-likeness (QED) is 0.705. The third kappa shape index (κ3) is 2.67. The summed E-state index contributed by atoms with van der Waals surface area (Å²) in [6.45, 7) is 0. The molecular formula is C13H12N2O. The molecule has 0 atom stereocenters. The molecule has 0 unspecified atom stereocenters. The number of rotatable bonds is 3. The first-order chi connectivity index (χ1) is 7.88. The van der Waals surface area contributed by atoms with Crippen molar-refractivity contribution in [3.05, 3.63) is 54.6 Å². The summed E-state index contributed by atoms with van der Waals surface area (Å²) in [4.78, 5) is 0. The van der Waals surface area contributed by atoms with Crippen molar-refractivity contribution in [2.45, 2.75) is 0 Å². The molecular weight excluding hydrogens is 200 g/mol. The smallest absolute Gasteiger partial charge is 0.119 e. The van der Waals surface area contributed by atoms with Crippen LogP contribution in [0.5, 0.6) is 5.75 Å². The maximum absolute atomic E-state index is 5.06. The third-order valence-corrected chi connectivity index (χ3v) is 2.11. The van der Waals surface area contributed by atoms with Gasteiger partial charge in [-0.1, -0.05) is 18.2 Å². The van der Waals surface area contributed by atoms with Gasteiger partial charge in [-0.2, -0.15) is 10.2 Å². The average Bonchev–Trinajstić information content (AvgIpc) is 2.38. The molecule has 0 aromatic heterocycles. The van der Waals surface area contributed by atoms with E-state index < -0.39 is 0 Å². The van der Waals surface area contributed by atoms with Crippen molar-refractivity contribution in [2.24, 2.45) is 10.2 Å². The van der Waals surface area contributed by atoms with Gasteiger partial charge in [0.05, 0.1) is 18.5 Å². The molecule has 0 aliphatic heterocycles. The summed E-state index contributed by atoms with van der Waals surface area (Å²) < 4.78 is 5.06. The zero-order valence-electron chi connectivity index (χ0n) is 9.00. The first-order valence-electron chi connectivity index (χ1n) is 4.99. The van der Waals surface area contributed by atoms with Crippen LogP contribution < -0.4 is 4.74 Å². The molecule has 0 aliphatic rings. The van der Waals surface area contributed by atoms with Crippen molar-refractivity contribution >= 4 is 11.4 Å². The summed E-state index contributed by atoms with van der Waals surface area (Å²) in [6, 6.07) is 17.1. The van der Waals surface area contributed by atoms with Gasteiger partial charge in [0.15, 0.2) is 0 Å². The highest BCUT2D eigenvalue weighted by Gasteiger charge is 1.91. The molecule has 0 saturated carbocycles. The number of nitrogens with zero attached hydrogens (tertiary/aromatic N) is 2. The zero-order chi connectivity index (χ0) is 11.2. The molecule has 16 heavy (non-hydrogen) atoms. The Labute approximate surface area is 94.4 Å². The van der Waals surface area contributed by atoms with E-state index in [4.69, 9.17) is 4.74 Å². The van der Waals surface area contributed by atoms with Crippen LogP contribution in [-0.4, -0.2) is 7.11 Å². The highest BCUT2D eigenvalue weighted by atomic mass is 16.5. The van der Waals surface area contributed by atoms with Crippen LogP contribution in [0.15, 0.2) is 64.8 Å². The average molecular weight is 212 g/mol. The van der Waals surface area contributed by atoms with Crippen molar-refractivity contribution in [1.29, 1.82) is 0 Å². The van der Waals surface area contributed by atoms with Crippen LogP contribution in [0.4, 0.5) is 11.4 Å². The van der Waals surface area contributed by atoms with Crippen LogP contribution in [0, 0.1) is 0 Å². The molecule has 2 rings (SSSR count). The zero-order valence-corrected chi connectivity index (χ0v) is 9.00. The van der Waals surface area contributed by atoms with Crippen molar-refractivity contribution < 1.29 is 4.74 Å². The largest absolute Gasteiger partial charge is 0.497 e. The predicted octanol–water partition coefficient (Wildman–Crippen LogP) is 4.11. The number of ether oxygens (including phenoxy) is 1. The second-order valence-electron chi connectivity index (χ2n) is 3.23. The fourth-order valence-electron chi connectivity index (χ4n) is 1.26. The molecule has 3 heteroatoms. The van der Waals surface area contributed by atoms with Gasteiger partial charge in [0.2, 0.25) is 0 Å². The van der Waals surface area contributed by atoms with Crippen LogP contribution in [0.2, 0.25) is 0 Å².